The van der Waals surface area contributed by atoms with Crippen LogP contribution >= 0.6 is 31.9 Å². The molecule has 0 radical (unpaired) electrons. The Balaban J connectivity index is 1.85. The van der Waals surface area contributed by atoms with Gasteiger partial charge in [0.1, 0.15) is 0 Å². The Bertz CT molecular complexity index is 352. The lowest BCUT2D eigenvalue weighted by Gasteiger charge is -2.33. The molecular weight excluding hydrogens is 304 g/mol. The van der Waals surface area contributed by atoms with Crippen LogP contribution in [0.2, 0.25) is 0 Å². The van der Waals surface area contributed by atoms with E-state index in [4.69, 9.17) is 0 Å². The lowest BCUT2D eigenvalue weighted by atomic mass is 9.71. The molecule has 0 amide bonds. The maximum absolute atomic E-state index is 3.69. The van der Waals surface area contributed by atoms with Crippen molar-refractivity contribution in [3.8, 4) is 0 Å². The molecule has 0 heterocycles. The summed E-state index contributed by atoms with van der Waals surface area (Å²) in [7, 11) is 0. The molecule has 0 N–H and O–H groups in total. The molecule has 6 aliphatic carbocycles. The third-order valence-corrected chi connectivity index (χ3v) is 7.22. The normalized spacial score (nSPS) is 69.4. The molecule has 6 saturated carbocycles. The van der Waals surface area contributed by atoms with Gasteiger partial charge in [-0.3, -0.25) is 0 Å². The van der Waals surface area contributed by atoms with Gasteiger partial charge in [0.2, 0.25) is 0 Å². The van der Waals surface area contributed by atoms with Crippen LogP contribution in [0, 0.1) is 47.3 Å². The predicted octanol–water partition coefficient (Wildman–Crippen LogP) is 3.77. The quantitative estimate of drug-likeness (QED) is 0.638. The van der Waals surface area contributed by atoms with E-state index < -0.39 is 0 Å². The lowest BCUT2D eigenvalue weighted by molar-refractivity contribution is 0.132. The first kappa shape index (κ1) is 7.89. The summed E-state index contributed by atoms with van der Waals surface area (Å²) in [5, 5.41) is 0. The van der Waals surface area contributed by atoms with Gasteiger partial charge in [0.05, 0.1) is 3.39 Å². The molecule has 0 saturated heterocycles. The second kappa shape index (κ2) is 2.07. The Morgan fingerprint density at radius 1 is 0.857 bits per heavy atom. The fourth-order valence-electron chi connectivity index (χ4n) is 6.57. The molecule has 0 aliphatic heterocycles. The van der Waals surface area contributed by atoms with Crippen LogP contribution in [-0.2, 0) is 0 Å². The zero-order valence-corrected chi connectivity index (χ0v) is 11.0. The zero-order chi connectivity index (χ0) is 9.19. The van der Waals surface area contributed by atoms with E-state index in [-0.39, 0.29) is 0 Å². The van der Waals surface area contributed by atoms with Crippen molar-refractivity contribution in [3.63, 3.8) is 0 Å². The van der Waals surface area contributed by atoms with Gasteiger partial charge in [0, 0.05) is 0 Å². The van der Waals surface area contributed by atoms with Crippen molar-refractivity contribution in [1.29, 1.82) is 0 Å². The molecular formula is C12H12Br2. The molecule has 6 bridgehead atoms. The molecule has 74 valence electrons. The monoisotopic (exact) mass is 314 g/mol. The summed E-state index contributed by atoms with van der Waals surface area (Å²) in [6, 6.07) is 0. The van der Waals surface area contributed by atoms with Crippen molar-refractivity contribution in [1.82, 2.24) is 0 Å². The Kier molecular flexibility index (Phi) is 1.16. The molecule has 2 heteroatoms. The van der Waals surface area contributed by atoms with Gasteiger partial charge in [-0.1, -0.05) is 0 Å². The van der Waals surface area contributed by atoms with Crippen LogP contribution in [0.4, 0.5) is 0 Å². The first-order chi connectivity index (χ1) is 6.79. The number of allylic oxidation sites excluding steroid dienone is 1. The van der Waals surface area contributed by atoms with Crippen molar-refractivity contribution in [2.75, 3.05) is 0 Å². The van der Waals surface area contributed by atoms with Crippen LogP contribution in [-0.4, -0.2) is 0 Å². The minimum absolute atomic E-state index is 1.01. The first-order valence-corrected chi connectivity index (χ1v) is 7.42. The summed E-state index contributed by atoms with van der Waals surface area (Å²) in [4.78, 5) is 0. The Morgan fingerprint density at radius 2 is 1.36 bits per heavy atom. The van der Waals surface area contributed by atoms with Crippen LogP contribution in [0.5, 0.6) is 0 Å². The van der Waals surface area contributed by atoms with Crippen LogP contribution in [0.15, 0.2) is 8.96 Å². The maximum atomic E-state index is 3.69. The van der Waals surface area contributed by atoms with Crippen LogP contribution in [0.1, 0.15) is 12.8 Å². The minimum Gasteiger partial charge on any atom is -0.0461 e. The Hall–Kier alpha value is 0.700. The summed E-state index contributed by atoms with van der Waals surface area (Å²) < 4.78 is 1.32. The molecule has 6 rings (SSSR count). The van der Waals surface area contributed by atoms with Gasteiger partial charge in [0.25, 0.3) is 0 Å². The summed E-state index contributed by atoms with van der Waals surface area (Å²) >= 11 is 7.39. The fourth-order valence-corrected chi connectivity index (χ4v) is 7.63. The summed E-state index contributed by atoms with van der Waals surface area (Å²) in [5.74, 6) is 8.80. The highest BCUT2D eigenvalue weighted by Crippen LogP contribution is 2.84. The smallest absolute Gasteiger partial charge is 0.0461 e. The van der Waals surface area contributed by atoms with Gasteiger partial charge in [-0.2, -0.15) is 0 Å². The van der Waals surface area contributed by atoms with Crippen molar-refractivity contribution in [3.05, 3.63) is 8.96 Å². The molecule has 14 heavy (non-hydrogen) atoms. The molecule has 0 aromatic heterocycles. The van der Waals surface area contributed by atoms with Crippen molar-refractivity contribution in [2.45, 2.75) is 12.8 Å². The third-order valence-electron chi connectivity index (χ3n) is 6.30. The second-order valence-corrected chi connectivity index (χ2v) is 8.70. The van der Waals surface area contributed by atoms with Crippen LogP contribution < -0.4 is 0 Å². The average Bonchev–Trinajstić information content (AvgIpc) is 2.76. The Labute approximate surface area is 101 Å². The highest BCUT2D eigenvalue weighted by atomic mass is 79.9. The topological polar surface area (TPSA) is 0 Å². The lowest BCUT2D eigenvalue weighted by Crippen LogP contribution is -2.30. The summed E-state index contributed by atoms with van der Waals surface area (Å²) in [5.41, 5.74) is 1.80. The highest BCUT2D eigenvalue weighted by molar-refractivity contribution is 9.28. The molecule has 8 atom stereocenters. The van der Waals surface area contributed by atoms with Gasteiger partial charge in [-0.15, -0.1) is 0 Å². The summed E-state index contributed by atoms with van der Waals surface area (Å²) in [6.07, 6.45) is 3.18. The van der Waals surface area contributed by atoms with Crippen molar-refractivity contribution in [2.24, 2.45) is 47.3 Å². The maximum Gasteiger partial charge on any atom is 0.0602 e. The average molecular weight is 316 g/mol. The van der Waals surface area contributed by atoms with Crippen molar-refractivity contribution >= 4 is 31.9 Å². The third kappa shape index (κ3) is 0.541. The predicted molar refractivity (Wildman–Crippen MR) is 62.0 cm³/mol. The van der Waals surface area contributed by atoms with Crippen LogP contribution in [0.3, 0.4) is 0 Å². The van der Waals surface area contributed by atoms with Crippen LogP contribution in [0.25, 0.3) is 0 Å². The van der Waals surface area contributed by atoms with E-state index in [1.54, 1.807) is 18.4 Å². The van der Waals surface area contributed by atoms with Gasteiger partial charge in [-0.05, 0) is 97.6 Å². The first-order valence-electron chi connectivity index (χ1n) is 5.84. The van der Waals surface area contributed by atoms with E-state index in [9.17, 15) is 0 Å². The molecule has 0 aromatic carbocycles. The van der Waals surface area contributed by atoms with E-state index in [1.165, 1.54) is 3.39 Å². The molecule has 0 nitrogen and oxygen atoms in total. The van der Waals surface area contributed by atoms with E-state index in [1.807, 2.05) is 0 Å². The fraction of sp³-hybridized carbons (Fsp3) is 0.833. The van der Waals surface area contributed by atoms with E-state index in [2.05, 4.69) is 31.9 Å². The number of rotatable bonds is 0. The van der Waals surface area contributed by atoms with Gasteiger partial charge >= 0.3 is 0 Å². The van der Waals surface area contributed by atoms with Gasteiger partial charge < -0.3 is 0 Å². The molecule has 6 aliphatic rings. The largest absolute Gasteiger partial charge is 0.0602 e. The Morgan fingerprint density at radius 3 is 1.79 bits per heavy atom. The summed E-state index contributed by atoms with van der Waals surface area (Å²) in [6.45, 7) is 0. The molecule has 6 fully saturated rings. The van der Waals surface area contributed by atoms with Gasteiger partial charge in [-0.25, -0.2) is 0 Å². The SMILES string of the molecule is BrC(Br)=C1C2C3CC4C5CC(C1C53)C42. The molecule has 8 unspecified atom stereocenters. The van der Waals surface area contributed by atoms with E-state index in [0.29, 0.717) is 0 Å². The van der Waals surface area contributed by atoms with E-state index in [0.717, 1.165) is 47.3 Å². The second-order valence-electron chi connectivity index (χ2n) is 6.05. The molecule has 0 spiro atoms. The standard InChI is InChI=1S/C12H12Br2/c13-12(14)11-9-5-1-3-4-2-6(7(3)9)10(11)8(4)5/h3-10H,1-2H2. The zero-order valence-electron chi connectivity index (χ0n) is 7.79. The number of hydrogen-bond donors (Lipinski definition) is 0. The van der Waals surface area contributed by atoms with E-state index >= 15 is 0 Å². The van der Waals surface area contributed by atoms with Gasteiger partial charge in [0.15, 0.2) is 0 Å². The minimum atomic E-state index is 1.01. The number of hydrogen-bond acceptors (Lipinski definition) is 0. The molecule has 0 aromatic rings. The number of halogens is 2. The van der Waals surface area contributed by atoms with Crippen molar-refractivity contribution < 1.29 is 0 Å². The highest BCUT2D eigenvalue weighted by Gasteiger charge is 2.78.